The molecule has 0 aromatic rings. The molecule has 0 fully saturated rings. The first-order chi connectivity index (χ1) is 3.91. The zero-order valence-electron chi connectivity index (χ0n) is 5.17. The smallest absolute Gasteiger partial charge is 0.0376 e. The van der Waals surface area contributed by atoms with E-state index in [1.165, 1.54) is 6.08 Å². The third-order valence-corrected chi connectivity index (χ3v) is 0.705. The highest BCUT2D eigenvalue weighted by atomic mass is 13.7. The lowest BCUT2D eigenvalue weighted by molar-refractivity contribution is 1.22. The average Bonchev–Trinajstić information content (AvgIpc) is 1.81. The molecule has 0 saturated heterocycles. The molecule has 8 heavy (non-hydrogen) atoms. The highest BCUT2D eigenvalue weighted by molar-refractivity contribution is 5.07. The quantitative estimate of drug-likeness (QED) is 0.486. The predicted octanol–water partition coefficient (Wildman–Crippen LogP) is 2.50. The van der Waals surface area contributed by atoms with Gasteiger partial charge in [-0.25, -0.2) is 0 Å². The molecule has 0 atom stereocenters. The fourth-order valence-corrected chi connectivity index (χ4v) is 0.343. The molecule has 1 radical (unpaired) electrons. The first kappa shape index (κ1) is 7.22. The highest BCUT2D eigenvalue weighted by Gasteiger charge is 1.59. The Labute approximate surface area is 51.2 Å². The third kappa shape index (κ3) is 5.22. The maximum atomic E-state index is 5.07. The molecule has 0 aliphatic heterocycles. The van der Waals surface area contributed by atoms with E-state index in [0.717, 1.165) is 6.42 Å². The molecule has 0 bridgehead atoms. The van der Waals surface area contributed by atoms with Crippen molar-refractivity contribution in [2.24, 2.45) is 0 Å². The van der Waals surface area contributed by atoms with Crippen LogP contribution in [0.25, 0.3) is 0 Å². The molecule has 0 saturated carbocycles. The minimum Gasteiger partial charge on any atom is -0.0848 e. The summed E-state index contributed by atoms with van der Waals surface area (Å²) in [7, 11) is 0. The molecule has 0 heteroatoms. The summed E-state index contributed by atoms with van der Waals surface area (Å²) in [6, 6.07) is 0. The molecule has 0 heterocycles. The van der Waals surface area contributed by atoms with Gasteiger partial charge in [-0.1, -0.05) is 43.9 Å². The Bertz CT molecular complexity index is 96.6. The Balaban J connectivity index is 3.26. The maximum absolute atomic E-state index is 5.07. The molecule has 0 N–H and O–H groups in total. The van der Waals surface area contributed by atoms with Crippen molar-refractivity contribution in [2.45, 2.75) is 13.3 Å². The molecule has 0 aliphatic carbocycles. The Morgan fingerprint density at radius 3 is 2.50 bits per heavy atom. The van der Waals surface area contributed by atoms with E-state index in [4.69, 9.17) is 6.58 Å². The minimum absolute atomic E-state index is 1.08. The van der Waals surface area contributed by atoms with Crippen LogP contribution in [-0.4, -0.2) is 0 Å². The van der Waals surface area contributed by atoms with Gasteiger partial charge in [-0.2, -0.15) is 0 Å². The fourth-order valence-electron chi connectivity index (χ4n) is 0.343. The predicted molar refractivity (Wildman–Crippen MR) is 37.4 cm³/mol. The second kappa shape index (κ2) is 6.22. The van der Waals surface area contributed by atoms with Gasteiger partial charge in [0.2, 0.25) is 0 Å². The van der Waals surface area contributed by atoms with Gasteiger partial charge in [-0.05, 0) is 6.42 Å². The van der Waals surface area contributed by atoms with Crippen LogP contribution in [0, 0.1) is 6.58 Å². The molecular formula is C8H11. The summed E-state index contributed by atoms with van der Waals surface area (Å²) in [5.41, 5.74) is 0. The molecule has 0 unspecified atom stereocenters. The Hall–Kier alpha value is -0.780. The van der Waals surface area contributed by atoms with E-state index in [2.05, 4.69) is 13.0 Å². The van der Waals surface area contributed by atoms with E-state index in [1.807, 2.05) is 12.2 Å². The third-order valence-electron chi connectivity index (χ3n) is 0.705. The maximum Gasteiger partial charge on any atom is -0.0376 e. The van der Waals surface area contributed by atoms with Gasteiger partial charge < -0.3 is 0 Å². The SMILES string of the molecule is [CH]=CC=CC=CCC. The van der Waals surface area contributed by atoms with Crippen LogP contribution in [0.2, 0.25) is 0 Å². The average molecular weight is 107 g/mol. The van der Waals surface area contributed by atoms with Gasteiger partial charge in [-0.15, -0.1) is 0 Å². The lowest BCUT2D eigenvalue weighted by atomic mass is 10.4. The zero-order chi connectivity index (χ0) is 6.24. The van der Waals surface area contributed by atoms with Crippen LogP contribution < -0.4 is 0 Å². The lowest BCUT2D eigenvalue weighted by Crippen LogP contribution is -1.49. The van der Waals surface area contributed by atoms with Crippen LogP contribution in [0.15, 0.2) is 30.4 Å². The Kier molecular flexibility index (Phi) is 5.61. The summed E-state index contributed by atoms with van der Waals surface area (Å²) in [4.78, 5) is 0. The van der Waals surface area contributed by atoms with Crippen molar-refractivity contribution >= 4 is 0 Å². The van der Waals surface area contributed by atoms with E-state index >= 15 is 0 Å². The highest BCUT2D eigenvalue weighted by Crippen LogP contribution is 1.80. The minimum atomic E-state index is 1.08. The van der Waals surface area contributed by atoms with Crippen LogP contribution >= 0.6 is 0 Å². The van der Waals surface area contributed by atoms with E-state index in [9.17, 15) is 0 Å². The van der Waals surface area contributed by atoms with Gasteiger partial charge in [0.05, 0.1) is 0 Å². The lowest BCUT2D eigenvalue weighted by Gasteiger charge is -1.71. The van der Waals surface area contributed by atoms with E-state index in [-0.39, 0.29) is 0 Å². The summed E-state index contributed by atoms with van der Waals surface area (Å²) >= 11 is 0. The second-order valence-electron chi connectivity index (χ2n) is 1.41. The fraction of sp³-hybridized carbons (Fsp3) is 0.250. The molecule has 0 aromatic heterocycles. The van der Waals surface area contributed by atoms with Crippen LogP contribution in [0.4, 0.5) is 0 Å². The number of allylic oxidation sites excluding steroid dienone is 5. The summed E-state index contributed by atoms with van der Waals surface area (Å²) in [5.74, 6) is 0. The number of hydrogen-bond donors (Lipinski definition) is 0. The van der Waals surface area contributed by atoms with E-state index < -0.39 is 0 Å². The van der Waals surface area contributed by atoms with Gasteiger partial charge in [0.15, 0.2) is 0 Å². The van der Waals surface area contributed by atoms with Gasteiger partial charge >= 0.3 is 0 Å². The van der Waals surface area contributed by atoms with Crippen molar-refractivity contribution in [1.29, 1.82) is 0 Å². The van der Waals surface area contributed by atoms with Crippen LogP contribution in [0.5, 0.6) is 0 Å². The Morgan fingerprint density at radius 1 is 1.25 bits per heavy atom. The molecule has 0 amide bonds. The number of hydrogen-bond acceptors (Lipinski definition) is 0. The van der Waals surface area contributed by atoms with Crippen molar-refractivity contribution in [2.75, 3.05) is 0 Å². The van der Waals surface area contributed by atoms with E-state index in [1.54, 1.807) is 6.08 Å². The topological polar surface area (TPSA) is 0 Å². The summed E-state index contributed by atoms with van der Waals surface area (Å²) in [6.07, 6.45) is 10.3. The van der Waals surface area contributed by atoms with Gasteiger partial charge in [0.1, 0.15) is 0 Å². The van der Waals surface area contributed by atoms with Gasteiger partial charge in [-0.3, -0.25) is 0 Å². The van der Waals surface area contributed by atoms with E-state index in [0.29, 0.717) is 0 Å². The molecule has 0 aliphatic rings. The largest absolute Gasteiger partial charge is 0.0848 e. The molecule has 0 spiro atoms. The second-order valence-corrected chi connectivity index (χ2v) is 1.41. The molecule has 0 aromatic carbocycles. The van der Waals surface area contributed by atoms with Crippen molar-refractivity contribution in [1.82, 2.24) is 0 Å². The van der Waals surface area contributed by atoms with Gasteiger partial charge in [0, 0.05) is 0 Å². The molecule has 0 nitrogen and oxygen atoms in total. The molecular weight excluding hydrogens is 96.1 g/mol. The molecule has 0 rings (SSSR count). The monoisotopic (exact) mass is 107 g/mol. The standard InChI is InChI=1S/C8H11/c1-3-5-7-8-6-4-2/h1,3,5-8H,4H2,2H3. The van der Waals surface area contributed by atoms with Crippen LogP contribution in [0.1, 0.15) is 13.3 Å². The van der Waals surface area contributed by atoms with Crippen molar-refractivity contribution in [3.63, 3.8) is 0 Å². The number of rotatable bonds is 3. The normalized spacial score (nSPS) is 11.1. The Morgan fingerprint density at radius 2 is 2.00 bits per heavy atom. The van der Waals surface area contributed by atoms with Gasteiger partial charge in [0.25, 0.3) is 0 Å². The summed E-state index contributed by atoms with van der Waals surface area (Å²) in [5, 5.41) is 0. The summed E-state index contributed by atoms with van der Waals surface area (Å²) in [6.45, 7) is 7.16. The van der Waals surface area contributed by atoms with Crippen molar-refractivity contribution in [3.05, 3.63) is 37.0 Å². The first-order valence-electron chi connectivity index (χ1n) is 2.78. The van der Waals surface area contributed by atoms with Crippen LogP contribution in [-0.2, 0) is 0 Å². The first-order valence-corrected chi connectivity index (χ1v) is 2.78. The van der Waals surface area contributed by atoms with Crippen molar-refractivity contribution in [3.8, 4) is 0 Å². The zero-order valence-corrected chi connectivity index (χ0v) is 5.17. The van der Waals surface area contributed by atoms with Crippen LogP contribution in [0.3, 0.4) is 0 Å². The summed E-state index contributed by atoms with van der Waals surface area (Å²) < 4.78 is 0. The van der Waals surface area contributed by atoms with Crippen molar-refractivity contribution < 1.29 is 0 Å². The molecule has 43 valence electrons.